The summed E-state index contributed by atoms with van der Waals surface area (Å²) in [7, 11) is 0. The third kappa shape index (κ3) is 3.24. The highest BCUT2D eigenvalue weighted by atomic mass is 16.5. The highest BCUT2D eigenvalue weighted by molar-refractivity contribution is 5.27. The molecule has 1 atom stereocenters. The maximum atomic E-state index is 6.01. The lowest BCUT2D eigenvalue weighted by molar-refractivity contribution is 0.291. The summed E-state index contributed by atoms with van der Waals surface area (Å²) in [5.41, 5.74) is 7.36. The van der Waals surface area contributed by atoms with E-state index < -0.39 is 0 Å². The lowest BCUT2D eigenvalue weighted by Gasteiger charge is -2.11. The average molecular weight is 219 g/mol. The van der Waals surface area contributed by atoms with E-state index in [4.69, 9.17) is 10.5 Å². The first kappa shape index (κ1) is 11.5. The first-order valence-corrected chi connectivity index (χ1v) is 6.27. The van der Waals surface area contributed by atoms with Crippen LogP contribution in [0.1, 0.15) is 31.7 Å². The molecule has 2 nitrogen and oxygen atoms in total. The molecule has 1 aliphatic carbocycles. The van der Waals surface area contributed by atoms with Gasteiger partial charge in [0.05, 0.1) is 6.61 Å². The van der Waals surface area contributed by atoms with Crippen LogP contribution < -0.4 is 10.5 Å². The molecule has 1 saturated carbocycles. The summed E-state index contributed by atoms with van der Waals surface area (Å²) in [6.45, 7) is 2.90. The monoisotopic (exact) mass is 219 g/mol. The fraction of sp³-hybridized carbons (Fsp3) is 0.571. The van der Waals surface area contributed by atoms with Crippen molar-refractivity contribution in [1.29, 1.82) is 0 Å². The van der Waals surface area contributed by atoms with Gasteiger partial charge in [0.2, 0.25) is 0 Å². The highest BCUT2D eigenvalue weighted by Gasteiger charge is 2.27. The van der Waals surface area contributed by atoms with Gasteiger partial charge < -0.3 is 10.5 Å². The quantitative estimate of drug-likeness (QED) is 0.798. The fourth-order valence-electron chi connectivity index (χ4n) is 1.89. The summed E-state index contributed by atoms with van der Waals surface area (Å²) < 4.78 is 5.67. The van der Waals surface area contributed by atoms with Crippen LogP contribution in [-0.4, -0.2) is 12.6 Å². The van der Waals surface area contributed by atoms with Gasteiger partial charge in [0.1, 0.15) is 5.75 Å². The first-order chi connectivity index (χ1) is 7.79. The number of nitrogens with two attached hydrogens (primary N) is 1. The van der Waals surface area contributed by atoms with Gasteiger partial charge in [-0.05, 0) is 49.3 Å². The zero-order valence-electron chi connectivity index (χ0n) is 9.99. The molecule has 1 aromatic carbocycles. The molecular formula is C14H21NO. The van der Waals surface area contributed by atoms with E-state index in [1.54, 1.807) is 0 Å². The second-order valence-electron chi connectivity index (χ2n) is 4.64. The van der Waals surface area contributed by atoms with Crippen molar-refractivity contribution in [3.05, 3.63) is 29.8 Å². The van der Waals surface area contributed by atoms with Gasteiger partial charge in [-0.3, -0.25) is 0 Å². The summed E-state index contributed by atoms with van der Waals surface area (Å²) >= 11 is 0. The normalized spacial score (nSPS) is 17.1. The van der Waals surface area contributed by atoms with Crippen LogP contribution in [0.2, 0.25) is 0 Å². The van der Waals surface area contributed by atoms with Crippen LogP contribution in [0.5, 0.6) is 5.75 Å². The van der Waals surface area contributed by atoms with E-state index in [2.05, 4.69) is 19.1 Å². The number of hydrogen-bond donors (Lipinski definition) is 1. The summed E-state index contributed by atoms with van der Waals surface area (Å²) in [4.78, 5) is 0. The molecule has 0 spiro atoms. The van der Waals surface area contributed by atoms with Crippen molar-refractivity contribution >= 4 is 0 Å². The van der Waals surface area contributed by atoms with Crippen LogP contribution >= 0.6 is 0 Å². The van der Waals surface area contributed by atoms with E-state index in [-0.39, 0.29) is 0 Å². The van der Waals surface area contributed by atoms with Crippen LogP contribution in [0.25, 0.3) is 0 Å². The molecule has 0 amide bonds. The maximum absolute atomic E-state index is 6.01. The molecule has 0 saturated heterocycles. The minimum atomic E-state index is 0.343. The van der Waals surface area contributed by atoms with E-state index in [1.165, 1.54) is 18.4 Å². The number of hydrogen-bond acceptors (Lipinski definition) is 2. The molecule has 2 heteroatoms. The van der Waals surface area contributed by atoms with E-state index in [0.29, 0.717) is 6.04 Å². The van der Waals surface area contributed by atoms with Gasteiger partial charge in [-0.2, -0.15) is 0 Å². The predicted octanol–water partition coefficient (Wildman–Crippen LogP) is 2.76. The van der Waals surface area contributed by atoms with Gasteiger partial charge in [0.25, 0.3) is 0 Å². The SMILES string of the molecule is CCc1ccc(OCCC(N)C2CC2)cc1. The Morgan fingerprint density at radius 1 is 1.31 bits per heavy atom. The third-order valence-corrected chi connectivity index (χ3v) is 3.28. The van der Waals surface area contributed by atoms with Crippen LogP contribution in [0.3, 0.4) is 0 Å². The van der Waals surface area contributed by atoms with E-state index in [9.17, 15) is 0 Å². The lowest BCUT2D eigenvalue weighted by Crippen LogP contribution is -2.24. The molecule has 1 aliphatic rings. The molecule has 1 aromatic rings. The zero-order chi connectivity index (χ0) is 11.4. The van der Waals surface area contributed by atoms with Crippen molar-refractivity contribution in [3.63, 3.8) is 0 Å². The predicted molar refractivity (Wildman–Crippen MR) is 66.6 cm³/mol. The van der Waals surface area contributed by atoms with Crippen LogP contribution in [-0.2, 0) is 6.42 Å². The number of benzene rings is 1. The summed E-state index contributed by atoms with van der Waals surface area (Å²) in [5.74, 6) is 1.73. The standard InChI is InChI=1S/C14H21NO/c1-2-11-3-7-13(8-4-11)16-10-9-14(15)12-5-6-12/h3-4,7-8,12,14H,2,5-6,9-10,15H2,1H3. The second-order valence-corrected chi connectivity index (χ2v) is 4.64. The number of rotatable bonds is 6. The van der Waals surface area contributed by atoms with Crippen LogP contribution in [0, 0.1) is 5.92 Å². The Morgan fingerprint density at radius 3 is 2.56 bits per heavy atom. The van der Waals surface area contributed by atoms with Gasteiger partial charge in [0, 0.05) is 6.04 Å². The van der Waals surface area contributed by atoms with Crippen molar-refractivity contribution < 1.29 is 4.74 Å². The van der Waals surface area contributed by atoms with Crippen molar-refractivity contribution in [3.8, 4) is 5.75 Å². The minimum Gasteiger partial charge on any atom is -0.494 e. The Labute approximate surface area is 97.8 Å². The van der Waals surface area contributed by atoms with Crippen LogP contribution in [0.15, 0.2) is 24.3 Å². The molecular weight excluding hydrogens is 198 g/mol. The van der Waals surface area contributed by atoms with Gasteiger partial charge >= 0.3 is 0 Å². The highest BCUT2D eigenvalue weighted by Crippen LogP contribution is 2.32. The summed E-state index contributed by atoms with van der Waals surface area (Å²) in [6.07, 6.45) is 4.67. The molecule has 0 aromatic heterocycles. The largest absolute Gasteiger partial charge is 0.494 e. The Balaban J connectivity index is 1.71. The number of aryl methyl sites for hydroxylation is 1. The number of ether oxygens (including phenoxy) is 1. The molecule has 0 aliphatic heterocycles. The van der Waals surface area contributed by atoms with Crippen molar-refractivity contribution in [2.45, 2.75) is 38.6 Å². The average Bonchev–Trinajstić information content (AvgIpc) is 3.14. The summed E-state index contributed by atoms with van der Waals surface area (Å²) in [5, 5.41) is 0. The van der Waals surface area contributed by atoms with Crippen molar-refractivity contribution in [1.82, 2.24) is 0 Å². The third-order valence-electron chi connectivity index (χ3n) is 3.28. The molecule has 1 fully saturated rings. The molecule has 2 N–H and O–H groups in total. The second kappa shape index (κ2) is 5.35. The van der Waals surface area contributed by atoms with E-state index >= 15 is 0 Å². The Bertz CT molecular complexity index is 316. The minimum absolute atomic E-state index is 0.343. The molecule has 2 rings (SSSR count). The van der Waals surface area contributed by atoms with Gasteiger partial charge in [-0.25, -0.2) is 0 Å². The smallest absolute Gasteiger partial charge is 0.119 e. The Morgan fingerprint density at radius 2 is 2.00 bits per heavy atom. The van der Waals surface area contributed by atoms with E-state index in [0.717, 1.165) is 31.1 Å². The molecule has 0 bridgehead atoms. The molecule has 0 heterocycles. The van der Waals surface area contributed by atoms with Crippen molar-refractivity contribution in [2.24, 2.45) is 11.7 Å². The fourth-order valence-corrected chi connectivity index (χ4v) is 1.89. The van der Waals surface area contributed by atoms with Gasteiger partial charge in [-0.1, -0.05) is 19.1 Å². The topological polar surface area (TPSA) is 35.2 Å². The molecule has 16 heavy (non-hydrogen) atoms. The molecule has 88 valence electrons. The van der Waals surface area contributed by atoms with E-state index in [1.807, 2.05) is 12.1 Å². The first-order valence-electron chi connectivity index (χ1n) is 6.27. The zero-order valence-corrected chi connectivity index (χ0v) is 9.99. The summed E-state index contributed by atoms with van der Waals surface area (Å²) in [6, 6.07) is 8.67. The Hall–Kier alpha value is -1.02. The lowest BCUT2D eigenvalue weighted by atomic mass is 10.1. The molecule has 1 unspecified atom stereocenters. The van der Waals surface area contributed by atoms with Crippen molar-refractivity contribution in [2.75, 3.05) is 6.61 Å². The Kier molecular flexibility index (Phi) is 3.83. The van der Waals surface area contributed by atoms with Gasteiger partial charge in [0.15, 0.2) is 0 Å². The van der Waals surface area contributed by atoms with Gasteiger partial charge in [-0.15, -0.1) is 0 Å². The molecule has 0 radical (unpaired) electrons. The maximum Gasteiger partial charge on any atom is 0.119 e. The van der Waals surface area contributed by atoms with Crippen LogP contribution in [0.4, 0.5) is 0 Å².